The molecule has 1 unspecified atom stereocenters. The molecule has 1 fully saturated rings. The number of nitrogens with zero attached hydrogens (tertiary/aromatic N) is 2. The largest absolute Gasteiger partial charge is 0.396 e. The fraction of sp³-hybridized carbons (Fsp3) is 0.412. The zero-order chi connectivity index (χ0) is 16.4. The van der Waals surface area contributed by atoms with Crippen LogP contribution in [-0.4, -0.2) is 45.8 Å². The summed E-state index contributed by atoms with van der Waals surface area (Å²) in [5.41, 5.74) is 1.52. The van der Waals surface area contributed by atoms with Crippen molar-refractivity contribution in [2.45, 2.75) is 19.8 Å². The number of amides is 1. The number of likely N-dealkylation sites (tertiary alicyclic amines) is 1. The summed E-state index contributed by atoms with van der Waals surface area (Å²) in [6.07, 6.45) is 3.28. The highest BCUT2D eigenvalue weighted by molar-refractivity contribution is 5.99. The Morgan fingerprint density at radius 1 is 1.43 bits per heavy atom. The van der Waals surface area contributed by atoms with E-state index in [0.717, 1.165) is 12.8 Å². The Hall–Kier alpha value is -2.21. The van der Waals surface area contributed by atoms with Gasteiger partial charge in [0.25, 0.3) is 5.91 Å². The van der Waals surface area contributed by atoms with Gasteiger partial charge in [0.15, 0.2) is 0 Å². The summed E-state index contributed by atoms with van der Waals surface area (Å²) in [5.74, 6) is -0.437. The van der Waals surface area contributed by atoms with E-state index in [1.165, 1.54) is 18.3 Å². The maximum absolute atomic E-state index is 13.1. The van der Waals surface area contributed by atoms with Crippen LogP contribution in [0, 0.1) is 11.2 Å². The molecule has 2 N–H and O–H groups in total. The van der Waals surface area contributed by atoms with Crippen LogP contribution in [-0.2, 0) is 0 Å². The summed E-state index contributed by atoms with van der Waals surface area (Å²) in [5, 5.41) is 16.4. The second-order valence-electron chi connectivity index (χ2n) is 6.46. The number of halogens is 1. The Balaban J connectivity index is 1.86. The number of nitrogens with one attached hydrogen (secondary N) is 1. The van der Waals surface area contributed by atoms with Crippen LogP contribution in [0.25, 0.3) is 11.3 Å². The van der Waals surface area contributed by atoms with Crippen molar-refractivity contribution in [1.82, 2.24) is 15.1 Å². The Labute approximate surface area is 134 Å². The number of carbonyl (C=O) groups is 1. The summed E-state index contributed by atoms with van der Waals surface area (Å²) in [6.45, 7) is 3.24. The molecule has 122 valence electrons. The van der Waals surface area contributed by atoms with E-state index in [0.29, 0.717) is 29.9 Å². The number of hydrogen-bond acceptors (Lipinski definition) is 3. The van der Waals surface area contributed by atoms with Gasteiger partial charge in [0.2, 0.25) is 0 Å². The lowest BCUT2D eigenvalue weighted by molar-refractivity contribution is 0.0358. The minimum absolute atomic E-state index is 0.0625. The van der Waals surface area contributed by atoms with Gasteiger partial charge >= 0.3 is 0 Å². The second kappa shape index (κ2) is 6.12. The molecule has 2 aromatic rings. The van der Waals surface area contributed by atoms with Gasteiger partial charge in [-0.05, 0) is 37.1 Å². The number of rotatable bonds is 3. The molecule has 0 saturated carbocycles. The molecule has 0 bridgehead atoms. The van der Waals surface area contributed by atoms with Gasteiger partial charge in [-0.2, -0.15) is 5.10 Å². The molecule has 0 spiro atoms. The van der Waals surface area contributed by atoms with Gasteiger partial charge in [-0.1, -0.05) is 6.92 Å². The van der Waals surface area contributed by atoms with Crippen LogP contribution in [0.5, 0.6) is 0 Å². The van der Waals surface area contributed by atoms with Gasteiger partial charge in [-0.3, -0.25) is 9.89 Å². The predicted octanol–water partition coefficient (Wildman–Crippen LogP) is 2.45. The molecule has 1 aliphatic heterocycles. The molecule has 6 heteroatoms. The number of benzene rings is 1. The Morgan fingerprint density at radius 3 is 2.87 bits per heavy atom. The molecule has 3 rings (SSSR count). The molecule has 1 amide bonds. The monoisotopic (exact) mass is 317 g/mol. The highest BCUT2D eigenvalue weighted by Gasteiger charge is 2.33. The minimum atomic E-state index is -0.323. The van der Waals surface area contributed by atoms with Gasteiger partial charge in [0.1, 0.15) is 5.82 Å². The third kappa shape index (κ3) is 3.12. The van der Waals surface area contributed by atoms with Crippen LogP contribution in [0.2, 0.25) is 0 Å². The summed E-state index contributed by atoms with van der Waals surface area (Å²) < 4.78 is 13.1. The number of H-pyrrole nitrogens is 1. The van der Waals surface area contributed by atoms with Crippen LogP contribution >= 0.6 is 0 Å². The van der Waals surface area contributed by atoms with Crippen molar-refractivity contribution in [3.63, 3.8) is 0 Å². The number of hydrogen-bond donors (Lipinski definition) is 2. The van der Waals surface area contributed by atoms with E-state index in [-0.39, 0.29) is 23.7 Å². The first-order valence-corrected chi connectivity index (χ1v) is 7.72. The van der Waals surface area contributed by atoms with Crippen LogP contribution in [0.3, 0.4) is 0 Å². The Bertz CT molecular complexity index is 698. The zero-order valence-electron chi connectivity index (χ0n) is 13.1. The normalized spacial score (nSPS) is 21.4. The third-order valence-electron chi connectivity index (χ3n) is 4.45. The standard InChI is InChI=1S/C17H20FN3O2/c1-17(11-22)7-2-8-21(10-17)16(23)14-9-19-20-15(14)12-3-5-13(18)6-4-12/h3-6,9,22H,2,7-8,10-11H2,1H3,(H,19,20). The average Bonchev–Trinajstić information content (AvgIpc) is 3.04. The lowest BCUT2D eigenvalue weighted by Gasteiger charge is -2.39. The maximum Gasteiger partial charge on any atom is 0.257 e. The Kier molecular flexibility index (Phi) is 4.17. The fourth-order valence-corrected chi connectivity index (χ4v) is 3.07. The molecule has 1 atom stereocenters. The van der Waals surface area contributed by atoms with Crippen molar-refractivity contribution in [1.29, 1.82) is 0 Å². The van der Waals surface area contributed by atoms with Crippen molar-refractivity contribution < 1.29 is 14.3 Å². The summed E-state index contributed by atoms with van der Waals surface area (Å²) in [4.78, 5) is 14.6. The SMILES string of the molecule is CC1(CO)CCCN(C(=O)c2cn[nH]c2-c2ccc(F)cc2)C1. The number of aliphatic hydroxyl groups excluding tert-OH is 1. The molecule has 0 aliphatic carbocycles. The topological polar surface area (TPSA) is 69.2 Å². The van der Waals surface area contributed by atoms with Crippen molar-refractivity contribution in [2.75, 3.05) is 19.7 Å². The summed E-state index contributed by atoms with van der Waals surface area (Å²) in [7, 11) is 0. The van der Waals surface area contributed by atoms with Gasteiger partial charge < -0.3 is 10.0 Å². The average molecular weight is 317 g/mol. The van der Waals surface area contributed by atoms with Crippen molar-refractivity contribution in [2.24, 2.45) is 5.41 Å². The van der Waals surface area contributed by atoms with Gasteiger partial charge in [0, 0.05) is 24.1 Å². The van der Waals surface area contributed by atoms with E-state index in [9.17, 15) is 14.3 Å². The fourth-order valence-electron chi connectivity index (χ4n) is 3.07. The number of piperidine rings is 1. The van der Waals surface area contributed by atoms with E-state index in [1.54, 1.807) is 17.0 Å². The van der Waals surface area contributed by atoms with Gasteiger partial charge in [-0.25, -0.2) is 4.39 Å². The summed E-state index contributed by atoms with van der Waals surface area (Å²) >= 11 is 0. The molecule has 5 nitrogen and oxygen atoms in total. The summed E-state index contributed by atoms with van der Waals surface area (Å²) in [6, 6.07) is 5.95. The third-order valence-corrected chi connectivity index (χ3v) is 4.45. The maximum atomic E-state index is 13.1. The number of aliphatic hydroxyl groups is 1. The van der Waals surface area contributed by atoms with Crippen LogP contribution in [0.4, 0.5) is 4.39 Å². The second-order valence-corrected chi connectivity index (χ2v) is 6.46. The molecule has 1 aromatic carbocycles. The van der Waals surface area contributed by atoms with E-state index >= 15 is 0 Å². The van der Waals surface area contributed by atoms with E-state index in [2.05, 4.69) is 10.2 Å². The van der Waals surface area contributed by atoms with Crippen molar-refractivity contribution in [3.8, 4) is 11.3 Å². The quantitative estimate of drug-likeness (QED) is 0.913. The Morgan fingerprint density at radius 2 is 2.17 bits per heavy atom. The molecule has 2 heterocycles. The highest BCUT2D eigenvalue weighted by atomic mass is 19.1. The van der Waals surface area contributed by atoms with Crippen LogP contribution in [0.15, 0.2) is 30.5 Å². The van der Waals surface area contributed by atoms with E-state index < -0.39 is 0 Å². The first-order valence-electron chi connectivity index (χ1n) is 7.72. The predicted molar refractivity (Wildman–Crippen MR) is 84.3 cm³/mol. The zero-order valence-corrected chi connectivity index (χ0v) is 13.1. The van der Waals surface area contributed by atoms with Crippen LogP contribution < -0.4 is 0 Å². The van der Waals surface area contributed by atoms with Crippen LogP contribution in [0.1, 0.15) is 30.1 Å². The minimum Gasteiger partial charge on any atom is -0.396 e. The lowest BCUT2D eigenvalue weighted by Crippen LogP contribution is -2.46. The van der Waals surface area contributed by atoms with Gasteiger partial charge in [-0.15, -0.1) is 0 Å². The molecule has 1 saturated heterocycles. The molecule has 1 aliphatic rings. The van der Waals surface area contributed by atoms with E-state index in [4.69, 9.17) is 0 Å². The number of aromatic amines is 1. The smallest absolute Gasteiger partial charge is 0.257 e. The van der Waals surface area contributed by atoms with Crippen molar-refractivity contribution >= 4 is 5.91 Å². The first-order chi connectivity index (χ1) is 11.0. The molecule has 1 aromatic heterocycles. The first kappa shape index (κ1) is 15.7. The molecular weight excluding hydrogens is 297 g/mol. The molecular formula is C17H20FN3O2. The lowest BCUT2D eigenvalue weighted by atomic mass is 9.82. The van der Waals surface area contributed by atoms with Gasteiger partial charge in [0.05, 0.1) is 24.1 Å². The number of carbonyl (C=O) groups excluding carboxylic acids is 1. The van der Waals surface area contributed by atoms with E-state index in [1.807, 2.05) is 6.92 Å². The molecule has 0 radical (unpaired) electrons. The molecule has 23 heavy (non-hydrogen) atoms. The van der Waals surface area contributed by atoms with Crippen molar-refractivity contribution in [3.05, 3.63) is 41.8 Å². The highest BCUT2D eigenvalue weighted by Crippen LogP contribution is 2.31. The number of aromatic nitrogens is 2.